The number of para-hydroxylation sites is 1. The van der Waals surface area contributed by atoms with Crippen LogP contribution >= 0.6 is 11.8 Å². The summed E-state index contributed by atoms with van der Waals surface area (Å²) in [6, 6.07) is 9.87. The van der Waals surface area contributed by atoms with Gasteiger partial charge in [-0.1, -0.05) is 41.6 Å². The van der Waals surface area contributed by atoms with Crippen LogP contribution in [0.15, 0.2) is 59.5 Å². The van der Waals surface area contributed by atoms with E-state index in [1.165, 1.54) is 49.3 Å². The Kier molecular flexibility index (Phi) is 6.24. The van der Waals surface area contributed by atoms with Crippen molar-refractivity contribution in [1.82, 2.24) is 25.1 Å². The summed E-state index contributed by atoms with van der Waals surface area (Å²) in [5.41, 5.74) is 3.16. The highest BCUT2D eigenvalue weighted by atomic mass is 32.2. The molecule has 0 saturated heterocycles. The van der Waals surface area contributed by atoms with Gasteiger partial charge >= 0.3 is 0 Å². The lowest BCUT2D eigenvalue weighted by molar-refractivity contribution is -0.120. The maximum atomic E-state index is 12.5. The zero-order valence-electron chi connectivity index (χ0n) is 16.5. The number of carbonyl (C=O) groups excluding carboxylic acids is 1. The standard InChI is InChI=1S/C22H25N5OS/c1-16(21(28)23-13-12-17-8-4-2-5-9-17)29-22-19-14-26-27(20(19)24-15-25-22)18-10-6-3-7-11-18/h3,6-8,10-11,14-16H,2,4-5,9,12-13H2,1H3,(H,23,28)/t16-/m1/s1. The third-order valence-electron chi connectivity index (χ3n) is 5.12. The molecule has 1 amide bonds. The van der Waals surface area contributed by atoms with E-state index in [2.05, 4.69) is 26.5 Å². The molecule has 0 unspecified atom stereocenters. The molecule has 0 fully saturated rings. The molecule has 0 aliphatic heterocycles. The largest absolute Gasteiger partial charge is 0.355 e. The maximum absolute atomic E-state index is 12.5. The first-order valence-electron chi connectivity index (χ1n) is 10.1. The van der Waals surface area contributed by atoms with Gasteiger partial charge in [0, 0.05) is 6.54 Å². The predicted molar refractivity (Wildman–Crippen MR) is 116 cm³/mol. The first kappa shape index (κ1) is 19.6. The summed E-state index contributed by atoms with van der Waals surface area (Å²) in [5.74, 6) is 0.0358. The Morgan fingerprint density at radius 1 is 1.24 bits per heavy atom. The van der Waals surface area contributed by atoms with Crippen LogP contribution in [0, 0.1) is 0 Å². The molecular weight excluding hydrogens is 382 g/mol. The van der Waals surface area contributed by atoms with E-state index in [0.717, 1.165) is 28.2 Å². The first-order valence-corrected chi connectivity index (χ1v) is 11.0. The molecule has 1 N–H and O–H groups in total. The third-order valence-corrected chi connectivity index (χ3v) is 6.23. The molecule has 150 valence electrons. The summed E-state index contributed by atoms with van der Waals surface area (Å²) in [6.45, 7) is 2.61. The molecule has 0 spiro atoms. The SMILES string of the molecule is C[C@@H](Sc1ncnc2c1cnn2-c1ccccc1)C(=O)NCCC1=CCCCC1. The van der Waals surface area contributed by atoms with Crippen molar-refractivity contribution >= 4 is 28.7 Å². The Hall–Kier alpha value is -2.67. The number of hydrogen-bond acceptors (Lipinski definition) is 5. The molecule has 0 radical (unpaired) electrons. The van der Waals surface area contributed by atoms with E-state index in [0.29, 0.717) is 6.54 Å². The van der Waals surface area contributed by atoms with Gasteiger partial charge in [0.05, 0.1) is 22.5 Å². The van der Waals surface area contributed by atoms with E-state index >= 15 is 0 Å². The lowest BCUT2D eigenvalue weighted by Crippen LogP contribution is -2.32. The Labute approximate surface area is 174 Å². The second kappa shape index (κ2) is 9.22. The van der Waals surface area contributed by atoms with Gasteiger partial charge in [-0.3, -0.25) is 4.79 Å². The van der Waals surface area contributed by atoms with Crippen LogP contribution in [0.1, 0.15) is 39.0 Å². The molecule has 2 heterocycles. The summed E-state index contributed by atoms with van der Waals surface area (Å²) < 4.78 is 1.80. The summed E-state index contributed by atoms with van der Waals surface area (Å²) in [6.07, 6.45) is 11.5. The van der Waals surface area contributed by atoms with Crippen LogP contribution in [0.2, 0.25) is 0 Å². The van der Waals surface area contributed by atoms with Gasteiger partial charge in [0.25, 0.3) is 0 Å². The van der Waals surface area contributed by atoms with Crippen LogP contribution in [0.3, 0.4) is 0 Å². The number of nitrogens with one attached hydrogen (secondary N) is 1. The second-order valence-corrected chi connectivity index (χ2v) is 8.55. The number of hydrogen-bond donors (Lipinski definition) is 1. The monoisotopic (exact) mass is 407 g/mol. The van der Waals surface area contributed by atoms with Crippen molar-refractivity contribution in [3.63, 3.8) is 0 Å². The third kappa shape index (κ3) is 4.67. The maximum Gasteiger partial charge on any atom is 0.233 e. The van der Waals surface area contributed by atoms with Crippen molar-refractivity contribution in [2.45, 2.75) is 49.3 Å². The number of rotatable bonds is 7. The van der Waals surface area contributed by atoms with Gasteiger partial charge in [0.2, 0.25) is 5.91 Å². The Morgan fingerprint density at radius 2 is 2.10 bits per heavy atom. The normalized spacial score (nSPS) is 15.1. The molecule has 1 aliphatic rings. The fourth-order valence-corrected chi connectivity index (χ4v) is 4.42. The number of thioether (sulfide) groups is 1. The minimum atomic E-state index is -0.242. The number of amides is 1. The number of nitrogens with zero attached hydrogens (tertiary/aromatic N) is 4. The number of carbonyl (C=O) groups is 1. The molecular formula is C22H25N5OS. The van der Waals surface area contributed by atoms with Crippen LogP contribution in [0.4, 0.5) is 0 Å². The molecule has 2 aromatic heterocycles. The number of allylic oxidation sites excluding steroid dienone is 1. The van der Waals surface area contributed by atoms with Crippen molar-refractivity contribution in [3.8, 4) is 5.69 Å². The van der Waals surface area contributed by atoms with Crippen molar-refractivity contribution in [2.75, 3.05) is 6.54 Å². The summed E-state index contributed by atoms with van der Waals surface area (Å²) in [7, 11) is 0. The fourth-order valence-electron chi connectivity index (χ4n) is 3.52. The van der Waals surface area contributed by atoms with Gasteiger partial charge in [-0.15, -0.1) is 0 Å². The van der Waals surface area contributed by atoms with Gasteiger partial charge < -0.3 is 5.32 Å². The lowest BCUT2D eigenvalue weighted by atomic mass is 9.97. The highest BCUT2D eigenvalue weighted by Crippen LogP contribution is 2.29. The van der Waals surface area contributed by atoms with E-state index in [-0.39, 0.29) is 11.2 Å². The Balaban J connectivity index is 1.41. The summed E-state index contributed by atoms with van der Waals surface area (Å²) in [4.78, 5) is 21.3. The minimum absolute atomic E-state index is 0.0358. The van der Waals surface area contributed by atoms with E-state index in [1.807, 2.05) is 37.3 Å². The van der Waals surface area contributed by atoms with Gasteiger partial charge in [-0.2, -0.15) is 5.10 Å². The van der Waals surface area contributed by atoms with E-state index in [4.69, 9.17) is 0 Å². The van der Waals surface area contributed by atoms with Crippen molar-refractivity contribution < 1.29 is 4.79 Å². The number of fused-ring (bicyclic) bond motifs is 1. The Morgan fingerprint density at radius 3 is 2.90 bits per heavy atom. The summed E-state index contributed by atoms with van der Waals surface area (Å²) in [5, 5.41) is 8.92. The molecule has 1 atom stereocenters. The quantitative estimate of drug-likeness (QED) is 0.359. The van der Waals surface area contributed by atoms with E-state index in [1.54, 1.807) is 10.9 Å². The molecule has 0 bridgehead atoms. The second-order valence-electron chi connectivity index (χ2n) is 7.22. The van der Waals surface area contributed by atoms with Crippen LogP contribution in [0.5, 0.6) is 0 Å². The molecule has 1 aliphatic carbocycles. The smallest absolute Gasteiger partial charge is 0.233 e. The van der Waals surface area contributed by atoms with Crippen molar-refractivity contribution in [3.05, 3.63) is 54.5 Å². The minimum Gasteiger partial charge on any atom is -0.355 e. The first-order chi connectivity index (χ1) is 14.2. The van der Waals surface area contributed by atoms with Gasteiger partial charge in [0.15, 0.2) is 5.65 Å². The highest BCUT2D eigenvalue weighted by molar-refractivity contribution is 8.00. The molecule has 0 saturated carbocycles. The van der Waals surface area contributed by atoms with Gasteiger partial charge in [-0.25, -0.2) is 14.6 Å². The zero-order valence-corrected chi connectivity index (χ0v) is 17.4. The van der Waals surface area contributed by atoms with Crippen molar-refractivity contribution in [2.24, 2.45) is 0 Å². The molecule has 3 aromatic rings. The van der Waals surface area contributed by atoms with Crippen LogP contribution in [0.25, 0.3) is 16.7 Å². The fraction of sp³-hybridized carbons (Fsp3) is 0.364. The predicted octanol–water partition coefficient (Wildman–Crippen LogP) is 4.30. The average Bonchev–Trinajstić information content (AvgIpc) is 3.20. The number of aromatic nitrogens is 4. The molecule has 6 nitrogen and oxygen atoms in total. The van der Waals surface area contributed by atoms with Gasteiger partial charge in [0.1, 0.15) is 11.4 Å². The average molecular weight is 408 g/mol. The van der Waals surface area contributed by atoms with Crippen LogP contribution < -0.4 is 5.32 Å². The van der Waals surface area contributed by atoms with E-state index in [9.17, 15) is 4.79 Å². The van der Waals surface area contributed by atoms with Crippen LogP contribution in [-0.2, 0) is 4.79 Å². The lowest BCUT2D eigenvalue weighted by Gasteiger charge is -2.15. The number of benzene rings is 1. The zero-order chi connectivity index (χ0) is 20.1. The molecule has 4 rings (SSSR count). The van der Waals surface area contributed by atoms with Crippen LogP contribution in [-0.4, -0.2) is 37.5 Å². The summed E-state index contributed by atoms with van der Waals surface area (Å²) >= 11 is 1.44. The Bertz CT molecular complexity index is 1010. The van der Waals surface area contributed by atoms with Crippen molar-refractivity contribution in [1.29, 1.82) is 0 Å². The van der Waals surface area contributed by atoms with Gasteiger partial charge in [-0.05, 0) is 51.2 Å². The molecule has 7 heteroatoms. The molecule has 1 aromatic carbocycles. The molecule has 29 heavy (non-hydrogen) atoms. The topological polar surface area (TPSA) is 72.7 Å². The van der Waals surface area contributed by atoms with E-state index < -0.39 is 0 Å². The highest BCUT2D eigenvalue weighted by Gasteiger charge is 2.18.